The number of aryl methyl sites for hydroxylation is 2. The molecule has 1 rings (SSSR count). The molecule has 1 aromatic heterocycles. The van der Waals surface area contributed by atoms with Gasteiger partial charge in [0.2, 0.25) is 5.95 Å². The number of aromatic nitrogens is 2. The van der Waals surface area contributed by atoms with Crippen LogP contribution in [0.2, 0.25) is 0 Å². The highest BCUT2D eigenvalue weighted by molar-refractivity contribution is 5.31. The van der Waals surface area contributed by atoms with Crippen LogP contribution in [0.5, 0.6) is 0 Å². The molecule has 0 bridgehead atoms. The largest absolute Gasteiger partial charge is 0.347 e. The van der Waals surface area contributed by atoms with Crippen molar-refractivity contribution >= 4 is 5.95 Å². The van der Waals surface area contributed by atoms with Crippen molar-refractivity contribution in [3.8, 4) is 0 Å². The van der Waals surface area contributed by atoms with Gasteiger partial charge in [0.05, 0.1) is 0 Å². The molecule has 0 unspecified atom stereocenters. The summed E-state index contributed by atoms with van der Waals surface area (Å²) in [6.45, 7) is 2.84. The average molecular weight is 208 g/mol. The predicted molar refractivity (Wildman–Crippen MR) is 63.1 cm³/mol. The van der Waals surface area contributed by atoms with Crippen molar-refractivity contribution in [3.63, 3.8) is 0 Å². The summed E-state index contributed by atoms with van der Waals surface area (Å²) in [5, 5.41) is 0. The Morgan fingerprint density at radius 2 is 2.13 bits per heavy atom. The summed E-state index contributed by atoms with van der Waals surface area (Å²) in [7, 11) is 3.91. The van der Waals surface area contributed by atoms with E-state index in [9.17, 15) is 0 Å². The maximum atomic E-state index is 5.50. The molecule has 4 heteroatoms. The summed E-state index contributed by atoms with van der Waals surface area (Å²) in [6, 6.07) is 0. The van der Waals surface area contributed by atoms with Gasteiger partial charge in [-0.25, -0.2) is 9.97 Å². The number of hydrogen-bond donors (Lipinski definition) is 1. The lowest BCUT2D eigenvalue weighted by atomic mass is 10.1. The van der Waals surface area contributed by atoms with Crippen molar-refractivity contribution in [2.75, 3.05) is 25.5 Å². The standard InChI is InChI=1S/C11H20N4/c1-4-10-9(6-5-7-12)8-13-11(14-10)15(2)3/h8H,4-7,12H2,1-3H3. The van der Waals surface area contributed by atoms with Crippen molar-refractivity contribution in [3.05, 3.63) is 17.5 Å². The number of rotatable bonds is 5. The first kappa shape index (κ1) is 11.9. The molecule has 0 saturated carbocycles. The second-order valence-electron chi connectivity index (χ2n) is 3.78. The van der Waals surface area contributed by atoms with Gasteiger partial charge in [-0.3, -0.25) is 0 Å². The number of nitrogens with two attached hydrogens (primary N) is 1. The fourth-order valence-electron chi connectivity index (χ4n) is 1.45. The first-order chi connectivity index (χ1) is 7.19. The molecule has 0 aromatic carbocycles. The van der Waals surface area contributed by atoms with E-state index in [0.29, 0.717) is 0 Å². The van der Waals surface area contributed by atoms with E-state index in [1.165, 1.54) is 5.56 Å². The van der Waals surface area contributed by atoms with E-state index in [4.69, 9.17) is 5.73 Å². The Bertz CT molecular complexity index is 309. The summed E-state index contributed by atoms with van der Waals surface area (Å²) in [5.74, 6) is 0.781. The van der Waals surface area contributed by atoms with Crippen molar-refractivity contribution in [1.82, 2.24) is 9.97 Å². The smallest absolute Gasteiger partial charge is 0.224 e. The molecule has 0 aliphatic heterocycles. The summed E-state index contributed by atoms with van der Waals surface area (Å²) in [5.41, 5.74) is 7.87. The predicted octanol–water partition coefficient (Wildman–Crippen LogP) is 0.996. The normalized spacial score (nSPS) is 10.4. The Balaban J connectivity index is 2.88. The molecule has 0 atom stereocenters. The molecule has 0 aliphatic rings. The Kier molecular flexibility index (Phi) is 4.49. The molecule has 4 nitrogen and oxygen atoms in total. The van der Waals surface area contributed by atoms with Crippen LogP contribution in [0.3, 0.4) is 0 Å². The molecular formula is C11H20N4. The summed E-state index contributed by atoms with van der Waals surface area (Å²) in [4.78, 5) is 10.8. The Morgan fingerprint density at radius 3 is 2.67 bits per heavy atom. The minimum absolute atomic E-state index is 0.721. The van der Waals surface area contributed by atoms with Gasteiger partial charge in [-0.15, -0.1) is 0 Å². The molecule has 2 N–H and O–H groups in total. The lowest BCUT2D eigenvalue weighted by Gasteiger charge is -2.13. The molecule has 0 saturated heterocycles. The third-order valence-electron chi connectivity index (χ3n) is 2.33. The summed E-state index contributed by atoms with van der Waals surface area (Å²) >= 11 is 0. The fourth-order valence-corrected chi connectivity index (χ4v) is 1.45. The van der Waals surface area contributed by atoms with Crippen molar-refractivity contribution in [1.29, 1.82) is 0 Å². The van der Waals surface area contributed by atoms with Gasteiger partial charge in [0, 0.05) is 26.0 Å². The molecule has 1 aromatic rings. The molecule has 84 valence electrons. The molecule has 0 spiro atoms. The number of nitrogens with zero attached hydrogens (tertiary/aromatic N) is 3. The maximum absolute atomic E-state index is 5.50. The van der Waals surface area contributed by atoms with Crippen LogP contribution in [-0.2, 0) is 12.8 Å². The monoisotopic (exact) mass is 208 g/mol. The van der Waals surface area contributed by atoms with Crippen LogP contribution in [-0.4, -0.2) is 30.6 Å². The van der Waals surface area contributed by atoms with E-state index < -0.39 is 0 Å². The van der Waals surface area contributed by atoms with Crippen LogP contribution in [0, 0.1) is 0 Å². The second kappa shape index (κ2) is 5.66. The van der Waals surface area contributed by atoms with Crippen LogP contribution in [0.1, 0.15) is 24.6 Å². The lowest BCUT2D eigenvalue weighted by molar-refractivity contribution is 0.799. The van der Waals surface area contributed by atoms with Crippen LogP contribution in [0.25, 0.3) is 0 Å². The first-order valence-electron chi connectivity index (χ1n) is 5.41. The third kappa shape index (κ3) is 3.16. The Labute approximate surface area is 91.5 Å². The number of anilines is 1. The van der Waals surface area contributed by atoms with Crippen molar-refractivity contribution in [2.45, 2.75) is 26.2 Å². The van der Waals surface area contributed by atoms with Crippen LogP contribution in [0.4, 0.5) is 5.95 Å². The van der Waals surface area contributed by atoms with E-state index >= 15 is 0 Å². The zero-order valence-corrected chi connectivity index (χ0v) is 9.82. The van der Waals surface area contributed by atoms with E-state index in [0.717, 1.165) is 37.4 Å². The average Bonchev–Trinajstić information content (AvgIpc) is 2.25. The molecule has 0 radical (unpaired) electrons. The topological polar surface area (TPSA) is 55.0 Å². The van der Waals surface area contributed by atoms with Gasteiger partial charge in [-0.05, 0) is 31.4 Å². The summed E-state index contributed by atoms with van der Waals surface area (Å²) in [6.07, 6.45) is 4.85. The highest BCUT2D eigenvalue weighted by Gasteiger charge is 2.06. The minimum atomic E-state index is 0.721. The Morgan fingerprint density at radius 1 is 1.40 bits per heavy atom. The van der Waals surface area contributed by atoms with Gasteiger partial charge in [0.1, 0.15) is 0 Å². The zero-order valence-electron chi connectivity index (χ0n) is 9.82. The van der Waals surface area contributed by atoms with E-state index in [-0.39, 0.29) is 0 Å². The maximum Gasteiger partial charge on any atom is 0.224 e. The molecular weight excluding hydrogens is 188 g/mol. The fraction of sp³-hybridized carbons (Fsp3) is 0.636. The zero-order chi connectivity index (χ0) is 11.3. The number of hydrogen-bond acceptors (Lipinski definition) is 4. The van der Waals surface area contributed by atoms with Crippen LogP contribution >= 0.6 is 0 Å². The van der Waals surface area contributed by atoms with Crippen molar-refractivity contribution in [2.24, 2.45) is 5.73 Å². The lowest BCUT2D eigenvalue weighted by Crippen LogP contribution is -2.14. The third-order valence-corrected chi connectivity index (χ3v) is 2.33. The molecule has 0 fully saturated rings. The quantitative estimate of drug-likeness (QED) is 0.784. The van der Waals surface area contributed by atoms with Gasteiger partial charge in [0.15, 0.2) is 0 Å². The van der Waals surface area contributed by atoms with Gasteiger partial charge < -0.3 is 10.6 Å². The van der Waals surface area contributed by atoms with Gasteiger partial charge in [0.25, 0.3) is 0 Å². The van der Waals surface area contributed by atoms with Crippen molar-refractivity contribution < 1.29 is 0 Å². The highest BCUT2D eigenvalue weighted by atomic mass is 15.2. The van der Waals surface area contributed by atoms with Gasteiger partial charge >= 0.3 is 0 Å². The SMILES string of the molecule is CCc1nc(N(C)C)ncc1CCCN. The van der Waals surface area contributed by atoms with Gasteiger partial charge in [-0.2, -0.15) is 0 Å². The van der Waals surface area contributed by atoms with Crippen LogP contribution in [0.15, 0.2) is 6.20 Å². The van der Waals surface area contributed by atoms with Gasteiger partial charge in [-0.1, -0.05) is 6.92 Å². The van der Waals surface area contributed by atoms with E-state index in [1.54, 1.807) is 0 Å². The second-order valence-corrected chi connectivity index (χ2v) is 3.78. The van der Waals surface area contributed by atoms with E-state index in [2.05, 4.69) is 16.9 Å². The van der Waals surface area contributed by atoms with Crippen LogP contribution < -0.4 is 10.6 Å². The summed E-state index contributed by atoms with van der Waals surface area (Å²) < 4.78 is 0. The van der Waals surface area contributed by atoms with E-state index in [1.807, 2.05) is 25.2 Å². The minimum Gasteiger partial charge on any atom is -0.347 e. The Hall–Kier alpha value is -1.16. The highest BCUT2D eigenvalue weighted by Crippen LogP contribution is 2.12. The molecule has 0 amide bonds. The first-order valence-corrected chi connectivity index (χ1v) is 5.41. The molecule has 0 aliphatic carbocycles. The molecule has 1 heterocycles. The molecule has 15 heavy (non-hydrogen) atoms.